The first-order chi connectivity index (χ1) is 13.9. The Hall–Kier alpha value is -3.25. The minimum atomic E-state index is -0.841. The Balaban J connectivity index is 1.72. The molecule has 1 aliphatic heterocycles. The number of fused-ring (bicyclic) bond motifs is 1. The number of carbonyl (C=O) groups excluding carboxylic acids is 3. The molecule has 0 bridgehead atoms. The van der Waals surface area contributed by atoms with Crippen molar-refractivity contribution in [1.82, 2.24) is 4.90 Å². The van der Waals surface area contributed by atoms with Crippen molar-refractivity contribution >= 4 is 34.1 Å². The lowest BCUT2D eigenvalue weighted by Gasteiger charge is -2.25. The highest BCUT2D eigenvalue weighted by Crippen LogP contribution is 2.36. The molecule has 2 aromatic rings. The molecule has 0 saturated heterocycles. The maximum Gasteiger partial charge on any atom is 0.410 e. The monoisotopic (exact) mass is 415 g/mol. The molecule has 9 heteroatoms. The van der Waals surface area contributed by atoms with Crippen LogP contribution in [0.1, 0.15) is 28.5 Å². The molecular formula is C20H18FN3O4S. The van der Waals surface area contributed by atoms with Crippen molar-refractivity contribution in [1.29, 1.82) is 5.26 Å². The topological polar surface area (TPSA) is 99.5 Å². The van der Waals surface area contributed by atoms with Gasteiger partial charge in [-0.1, -0.05) is 12.1 Å². The zero-order valence-corrected chi connectivity index (χ0v) is 16.5. The van der Waals surface area contributed by atoms with Crippen LogP contribution in [0.3, 0.4) is 0 Å². The van der Waals surface area contributed by atoms with Crippen LogP contribution in [0.15, 0.2) is 24.3 Å². The van der Waals surface area contributed by atoms with E-state index in [2.05, 4.69) is 11.4 Å². The molecule has 29 heavy (non-hydrogen) atoms. The second-order valence-electron chi connectivity index (χ2n) is 6.37. The van der Waals surface area contributed by atoms with Crippen LogP contribution in [0, 0.1) is 17.1 Å². The van der Waals surface area contributed by atoms with Gasteiger partial charge < -0.3 is 15.0 Å². The molecule has 2 amide bonds. The third-order valence-electron chi connectivity index (χ3n) is 4.45. The Labute approximate surface area is 170 Å². The number of ketones is 1. The zero-order valence-electron chi connectivity index (χ0n) is 15.7. The van der Waals surface area contributed by atoms with Gasteiger partial charge in [0.05, 0.1) is 18.7 Å². The Morgan fingerprint density at radius 2 is 2.03 bits per heavy atom. The number of amides is 2. The quantitative estimate of drug-likeness (QED) is 0.757. The van der Waals surface area contributed by atoms with E-state index in [1.54, 1.807) is 6.92 Å². The third-order valence-corrected chi connectivity index (χ3v) is 5.59. The minimum Gasteiger partial charge on any atom is -0.450 e. The maximum absolute atomic E-state index is 13.0. The molecule has 7 nitrogen and oxygen atoms in total. The number of benzene rings is 1. The summed E-state index contributed by atoms with van der Waals surface area (Å²) in [5.41, 5.74) is 1.61. The summed E-state index contributed by atoms with van der Waals surface area (Å²) in [6.07, 6.45) is -0.132. The minimum absolute atomic E-state index is 0.171. The van der Waals surface area contributed by atoms with Gasteiger partial charge in [0.1, 0.15) is 16.9 Å². The highest BCUT2D eigenvalue weighted by molar-refractivity contribution is 7.16. The Bertz CT molecular complexity index is 994. The molecule has 1 N–H and O–H groups in total. The molecule has 0 spiro atoms. The first-order valence-electron chi connectivity index (χ1n) is 8.97. The molecule has 0 saturated carbocycles. The third kappa shape index (κ3) is 4.60. The van der Waals surface area contributed by atoms with Gasteiger partial charge in [-0.2, -0.15) is 5.26 Å². The van der Waals surface area contributed by atoms with E-state index in [1.165, 1.54) is 40.5 Å². The molecule has 0 radical (unpaired) electrons. The molecule has 3 rings (SSSR count). The van der Waals surface area contributed by atoms with Crippen molar-refractivity contribution in [2.24, 2.45) is 0 Å². The lowest BCUT2D eigenvalue weighted by Crippen LogP contribution is -2.35. The molecule has 1 aliphatic rings. The lowest BCUT2D eigenvalue weighted by atomic mass is 10.0. The predicted molar refractivity (Wildman–Crippen MR) is 104 cm³/mol. The van der Waals surface area contributed by atoms with Gasteiger partial charge in [-0.3, -0.25) is 9.59 Å². The van der Waals surface area contributed by atoms with Crippen LogP contribution in [0.2, 0.25) is 0 Å². The summed E-state index contributed by atoms with van der Waals surface area (Å²) < 4.78 is 18.0. The number of nitrogens with one attached hydrogen (secondary N) is 1. The number of carbonyl (C=O) groups is 3. The van der Waals surface area contributed by atoms with Crippen LogP contribution in [0.25, 0.3) is 0 Å². The van der Waals surface area contributed by atoms with Gasteiger partial charge in [0.2, 0.25) is 5.78 Å². The standard InChI is InChI=1S/C20H18FN3O4S/c1-2-28-20(27)24-8-7-14-15(10-22)19(29-17(14)11-24)23-18(26)16(25)9-12-3-5-13(21)6-4-12/h3-6H,2,7-9,11H2,1H3,(H,23,26). The molecule has 0 aliphatic carbocycles. The molecule has 1 aromatic carbocycles. The largest absolute Gasteiger partial charge is 0.450 e. The first kappa shape index (κ1) is 20.5. The van der Waals surface area contributed by atoms with Crippen molar-refractivity contribution in [2.45, 2.75) is 26.3 Å². The number of hydrogen-bond acceptors (Lipinski definition) is 6. The van der Waals surface area contributed by atoms with Gasteiger partial charge in [-0.25, -0.2) is 9.18 Å². The Morgan fingerprint density at radius 1 is 1.31 bits per heavy atom. The Morgan fingerprint density at radius 3 is 2.69 bits per heavy atom. The van der Waals surface area contributed by atoms with Crippen molar-refractivity contribution in [2.75, 3.05) is 18.5 Å². The van der Waals surface area contributed by atoms with Gasteiger partial charge in [-0.05, 0) is 36.6 Å². The number of Topliss-reactive ketones (excluding diaryl/α,β-unsaturated/α-hetero) is 1. The molecule has 0 atom stereocenters. The van der Waals surface area contributed by atoms with Gasteiger partial charge in [0.25, 0.3) is 5.91 Å². The van der Waals surface area contributed by atoms with E-state index in [4.69, 9.17) is 4.74 Å². The molecule has 0 unspecified atom stereocenters. The smallest absolute Gasteiger partial charge is 0.410 e. The summed E-state index contributed by atoms with van der Waals surface area (Å²) in [5.74, 6) is -1.96. The van der Waals surface area contributed by atoms with Crippen molar-refractivity contribution < 1.29 is 23.5 Å². The first-order valence-corrected chi connectivity index (χ1v) is 9.79. The van der Waals surface area contributed by atoms with E-state index in [0.29, 0.717) is 29.1 Å². The van der Waals surface area contributed by atoms with Crippen molar-refractivity contribution in [3.05, 3.63) is 51.7 Å². The van der Waals surface area contributed by atoms with Gasteiger partial charge in [0.15, 0.2) is 0 Å². The number of anilines is 1. The average molecular weight is 415 g/mol. The van der Waals surface area contributed by atoms with Gasteiger partial charge in [0, 0.05) is 17.8 Å². The summed E-state index contributed by atoms with van der Waals surface area (Å²) >= 11 is 1.17. The van der Waals surface area contributed by atoms with Crippen LogP contribution < -0.4 is 5.32 Å². The number of thiophene rings is 1. The van der Waals surface area contributed by atoms with E-state index < -0.39 is 23.6 Å². The summed E-state index contributed by atoms with van der Waals surface area (Å²) in [6, 6.07) is 7.40. The fourth-order valence-electron chi connectivity index (χ4n) is 3.02. The van der Waals surface area contributed by atoms with E-state index in [0.717, 1.165) is 10.4 Å². The molecule has 0 fully saturated rings. The zero-order chi connectivity index (χ0) is 21.0. The van der Waals surface area contributed by atoms with Crippen LogP contribution in [0.5, 0.6) is 0 Å². The van der Waals surface area contributed by atoms with Crippen LogP contribution in [-0.4, -0.2) is 35.8 Å². The summed E-state index contributed by atoms with van der Waals surface area (Å²) in [4.78, 5) is 38.8. The second kappa shape index (κ2) is 8.84. The fourth-order valence-corrected chi connectivity index (χ4v) is 4.23. The number of nitrogens with zero attached hydrogens (tertiary/aromatic N) is 2. The summed E-state index contributed by atoms with van der Waals surface area (Å²) in [6.45, 7) is 2.69. The fraction of sp³-hybridized carbons (Fsp3) is 0.300. The van der Waals surface area contributed by atoms with Gasteiger partial charge >= 0.3 is 6.09 Å². The lowest BCUT2D eigenvalue weighted by molar-refractivity contribution is -0.134. The maximum atomic E-state index is 13.0. The summed E-state index contributed by atoms with van der Waals surface area (Å²) in [7, 11) is 0. The number of rotatable bonds is 5. The normalized spacial score (nSPS) is 12.7. The number of halogens is 1. The molecule has 150 valence electrons. The number of nitriles is 1. The number of hydrogen-bond donors (Lipinski definition) is 1. The second-order valence-corrected chi connectivity index (χ2v) is 7.48. The van der Waals surface area contributed by atoms with E-state index >= 15 is 0 Å². The van der Waals surface area contributed by atoms with E-state index in [-0.39, 0.29) is 19.6 Å². The van der Waals surface area contributed by atoms with Crippen LogP contribution >= 0.6 is 11.3 Å². The highest BCUT2D eigenvalue weighted by atomic mass is 32.1. The Kier molecular flexibility index (Phi) is 6.24. The molecule has 2 heterocycles. The van der Waals surface area contributed by atoms with Crippen LogP contribution in [-0.2, 0) is 33.7 Å². The van der Waals surface area contributed by atoms with Crippen LogP contribution in [0.4, 0.5) is 14.2 Å². The molecule has 1 aromatic heterocycles. The van der Waals surface area contributed by atoms with E-state index in [1.807, 2.05) is 0 Å². The van der Waals surface area contributed by atoms with E-state index in [9.17, 15) is 24.0 Å². The van der Waals surface area contributed by atoms with Crippen molar-refractivity contribution in [3.8, 4) is 6.07 Å². The highest BCUT2D eigenvalue weighted by Gasteiger charge is 2.28. The summed E-state index contributed by atoms with van der Waals surface area (Å²) in [5, 5.41) is 12.3. The average Bonchev–Trinajstić information content (AvgIpc) is 3.05. The SMILES string of the molecule is CCOC(=O)N1CCc2c(sc(NC(=O)C(=O)Cc3ccc(F)cc3)c2C#N)C1. The van der Waals surface area contributed by atoms with Crippen molar-refractivity contribution in [3.63, 3.8) is 0 Å². The molecular weight excluding hydrogens is 397 g/mol. The number of ether oxygens (including phenoxy) is 1. The van der Waals surface area contributed by atoms with Gasteiger partial charge in [-0.15, -0.1) is 11.3 Å². The predicted octanol–water partition coefficient (Wildman–Crippen LogP) is 3.02.